The number of rotatable bonds is 11. The zero-order valence-electron chi connectivity index (χ0n) is 14.7. The van der Waals surface area contributed by atoms with Gasteiger partial charge in [0.1, 0.15) is 11.1 Å². The van der Waals surface area contributed by atoms with Gasteiger partial charge in [0.15, 0.2) is 5.69 Å². The highest BCUT2D eigenvalue weighted by Crippen LogP contribution is 2.35. The van der Waals surface area contributed by atoms with Gasteiger partial charge in [-0.2, -0.15) is 0 Å². The summed E-state index contributed by atoms with van der Waals surface area (Å²) in [6, 6.07) is 0. The fourth-order valence-corrected chi connectivity index (χ4v) is 3.75. The summed E-state index contributed by atoms with van der Waals surface area (Å²) in [5.74, 6) is 1.68. The highest BCUT2D eigenvalue weighted by Gasteiger charge is 2.31. The number of hydrogen-bond acceptors (Lipinski definition) is 5. The van der Waals surface area contributed by atoms with E-state index in [4.69, 9.17) is 5.11 Å². The van der Waals surface area contributed by atoms with Gasteiger partial charge in [-0.05, 0) is 18.2 Å². The molecule has 0 aliphatic rings. The highest BCUT2D eigenvalue weighted by molar-refractivity contribution is 7.09. The summed E-state index contributed by atoms with van der Waals surface area (Å²) in [4.78, 5) is 14.9. The number of carboxylic acids is 1. The Hall–Kier alpha value is -1.39. The molecule has 0 saturated heterocycles. The number of nitrogens with zero attached hydrogens (tertiary/aromatic N) is 2. The van der Waals surface area contributed by atoms with Crippen molar-refractivity contribution in [3.63, 3.8) is 0 Å². The van der Waals surface area contributed by atoms with E-state index in [1.807, 2.05) is 0 Å². The van der Waals surface area contributed by atoms with Crippen molar-refractivity contribution in [3.8, 4) is 5.97 Å². The number of unbranched alkanes of at least 4 members (excludes halogenated alkanes) is 3. The number of nitriles is 1. The van der Waals surface area contributed by atoms with E-state index in [1.54, 1.807) is 0 Å². The van der Waals surface area contributed by atoms with Crippen LogP contribution < -0.4 is 0 Å². The number of aromatic carboxylic acids is 1. The first-order chi connectivity index (χ1) is 11.4. The predicted molar refractivity (Wildman–Crippen MR) is 97.6 cm³/mol. The summed E-state index contributed by atoms with van der Waals surface area (Å²) in [6.45, 7) is 6.21. The van der Waals surface area contributed by atoms with E-state index in [1.165, 1.54) is 18.2 Å². The van der Waals surface area contributed by atoms with E-state index in [-0.39, 0.29) is 24.1 Å². The van der Waals surface area contributed by atoms with Gasteiger partial charge < -0.3 is 10.2 Å². The van der Waals surface area contributed by atoms with Gasteiger partial charge in [-0.15, -0.1) is 11.3 Å². The Balaban J connectivity index is 2.72. The second-order valence-electron chi connectivity index (χ2n) is 6.62. The van der Waals surface area contributed by atoms with E-state index in [2.05, 4.69) is 31.7 Å². The third kappa shape index (κ3) is 6.25. The lowest BCUT2D eigenvalue weighted by molar-refractivity contribution is 0.0690. The topological polar surface area (TPSA) is 94.2 Å². The van der Waals surface area contributed by atoms with E-state index >= 15 is 0 Å². The van der Waals surface area contributed by atoms with Crippen LogP contribution in [0.25, 0.3) is 0 Å². The molecule has 0 fully saturated rings. The van der Waals surface area contributed by atoms with Crippen LogP contribution in [0.15, 0.2) is 5.38 Å². The van der Waals surface area contributed by atoms with Gasteiger partial charge in [-0.1, -0.05) is 52.8 Å². The molecule has 7 heteroatoms. The summed E-state index contributed by atoms with van der Waals surface area (Å²) in [5, 5.41) is 30.8. The molecule has 132 valence electrons. The van der Waals surface area contributed by atoms with Crippen LogP contribution in [0.5, 0.6) is 0 Å². The molecule has 0 amide bonds. The molecule has 0 radical (unpaired) electrons. The number of aromatic nitrogens is 1. The van der Waals surface area contributed by atoms with Crippen molar-refractivity contribution >= 4 is 24.0 Å². The maximum atomic E-state index is 10.9. The second kappa shape index (κ2) is 10.5. The molecule has 5 nitrogen and oxygen atoms in total. The van der Waals surface area contributed by atoms with Gasteiger partial charge in [-0.3, -0.25) is 0 Å². The first kappa shape index (κ1) is 20.7. The Morgan fingerprint density at radius 1 is 1.42 bits per heavy atom. The SMILES string of the molecule is CCCCCCB(C#N)C(CC(O)c1nc(C(=O)O)cs1)C(C)C. The Kier molecular flexibility index (Phi) is 9.02. The fourth-order valence-electron chi connectivity index (χ4n) is 2.96. The molecule has 2 unspecified atom stereocenters. The maximum absolute atomic E-state index is 10.9. The monoisotopic (exact) mass is 350 g/mol. The third-order valence-corrected chi connectivity index (χ3v) is 5.38. The molecule has 2 N–H and O–H groups in total. The minimum absolute atomic E-state index is 0.0356. The lowest BCUT2D eigenvalue weighted by Crippen LogP contribution is -2.25. The normalized spacial score (nSPS) is 13.5. The van der Waals surface area contributed by atoms with Gasteiger partial charge in [0.2, 0.25) is 0 Å². The lowest BCUT2D eigenvalue weighted by Gasteiger charge is -2.25. The first-order valence-corrected chi connectivity index (χ1v) is 9.55. The standard InChI is InChI=1S/C17H27BN2O3S/c1-4-5-6-7-8-18(11-19)13(12(2)3)9-15(21)16-20-14(10-24-16)17(22)23/h10,12-13,15,21H,4-9H2,1-3H3,(H,22,23). The van der Waals surface area contributed by atoms with Gasteiger partial charge in [0, 0.05) is 11.3 Å². The van der Waals surface area contributed by atoms with Crippen molar-refractivity contribution in [3.05, 3.63) is 16.1 Å². The van der Waals surface area contributed by atoms with Gasteiger partial charge in [0.05, 0.1) is 0 Å². The van der Waals surface area contributed by atoms with Crippen LogP contribution in [-0.2, 0) is 0 Å². The largest absolute Gasteiger partial charge is 0.476 e. The van der Waals surface area contributed by atoms with Crippen molar-refractivity contribution in [2.75, 3.05) is 0 Å². The molecular weight excluding hydrogens is 323 g/mol. The zero-order chi connectivity index (χ0) is 18.1. The summed E-state index contributed by atoms with van der Waals surface area (Å²) >= 11 is 1.16. The average Bonchev–Trinajstić information content (AvgIpc) is 3.03. The van der Waals surface area contributed by atoms with Crippen molar-refractivity contribution in [1.82, 2.24) is 4.98 Å². The van der Waals surface area contributed by atoms with Gasteiger partial charge in [0.25, 0.3) is 6.71 Å². The number of thiazole rings is 1. The molecule has 0 bridgehead atoms. The third-order valence-electron chi connectivity index (χ3n) is 4.43. The maximum Gasteiger partial charge on any atom is 0.355 e. The van der Waals surface area contributed by atoms with Crippen LogP contribution in [0, 0.1) is 17.1 Å². The van der Waals surface area contributed by atoms with Crippen molar-refractivity contribution < 1.29 is 15.0 Å². The van der Waals surface area contributed by atoms with Crippen LogP contribution in [0.2, 0.25) is 12.1 Å². The van der Waals surface area contributed by atoms with Crippen LogP contribution in [0.4, 0.5) is 0 Å². The second-order valence-corrected chi connectivity index (χ2v) is 7.51. The molecular formula is C17H27BN2O3S. The summed E-state index contributed by atoms with van der Waals surface area (Å²) in [7, 11) is 0. The van der Waals surface area contributed by atoms with Gasteiger partial charge in [-0.25, -0.2) is 15.0 Å². The highest BCUT2D eigenvalue weighted by atomic mass is 32.1. The number of aliphatic hydroxyl groups is 1. The molecule has 0 aromatic carbocycles. The molecule has 0 aliphatic heterocycles. The van der Waals surface area contributed by atoms with Crippen molar-refractivity contribution in [2.45, 2.75) is 71.1 Å². The van der Waals surface area contributed by atoms with E-state index < -0.39 is 12.1 Å². The number of carboxylic acid groups (broad SMARTS) is 1. The van der Waals surface area contributed by atoms with Crippen LogP contribution in [-0.4, -0.2) is 27.9 Å². The molecule has 1 rings (SSSR count). The zero-order valence-corrected chi connectivity index (χ0v) is 15.6. The Bertz CT molecular complexity index is 556. The average molecular weight is 350 g/mol. The molecule has 0 spiro atoms. The minimum atomic E-state index is -1.09. The Morgan fingerprint density at radius 3 is 2.62 bits per heavy atom. The number of carbonyl (C=O) groups is 1. The summed E-state index contributed by atoms with van der Waals surface area (Å²) in [5.41, 5.74) is -0.0356. The van der Waals surface area contributed by atoms with E-state index in [0.717, 1.165) is 30.5 Å². The van der Waals surface area contributed by atoms with E-state index in [0.29, 0.717) is 11.4 Å². The van der Waals surface area contributed by atoms with Crippen molar-refractivity contribution in [2.24, 2.45) is 5.92 Å². The van der Waals surface area contributed by atoms with Crippen LogP contribution in [0.3, 0.4) is 0 Å². The summed E-state index contributed by atoms with van der Waals surface area (Å²) < 4.78 is 0. The Morgan fingerprint density at radius 2 is 2.12 bits per heavy atom. The first-order valence-electron chi connectivity index (χ1n) is 8.67. The van der Waals surface area contributed by atoms with Crippen LogP contribution >= 0.6 is 11.3 Å². The van der Waals surface area contributed by atoms with Crippen LogP contribution in [0.1, 0.15) is 74.5 Å². The smallest absolute Gasteiger partial charge is 0.355 e. The number of aliphatic hydroxyl groups excluding tert-OH is 1. The minimum Gasteiger partial charge on any atom is -0.476 e. The Labute approximate surface area is 148 Å². The lowest BCUT2D eigenvalue weighted by atomic mass is 9.36. The fraction of sp³-hybridized carbons (Fsp3) is 0.706. The number of hydrogen-bond donors (Lipinski definition) is 2. The van der Waals surface area contributed by atoms with Crippen molar-refractivity contribution in [1.29, 1.82) is 5.26 Å². The molecule has 1 aromatic rings. The molecule has 1 aromatic heterocycles. The molecule has 0 aliphatic carbocycles. The quantitative estimate of drug-likeness (QED) is 0.455. The molecule has 24 heavy (non-hydrogen) atoms. The summed E-state index contributed by atoms with van der Waals surface area (Å²) in [6.07, 6.45) is 4.99. The van der Waals surface area contributed by atoms with Gasteiger partial charge >= 0.3 is 5.97 Å². The van der Waals surface area contributed by atoms with E-state index in [9.17, 15) is 15.2 Å². The predicted octanol–water partition coefficient (Wildman–Crippen LogP) is 4.43. The molecule has 0 saturated carbocycles. The molecule has 1 heterocycles. The molecule has 2 atom stereocenters.